The standard InChI is InChI=1S/C17H22N4O2.HI/c1-13(22)21-15-6-3-5-14(11-15)12-20-17(18-2)19-9-8-16-7-4-10-23-16;/h3-7,10-11H,8-9,12H2,1-2H3,(H,21,22)(H2,18,19,20);1H. The van der Waals surface area contributed by atoms with Crippen molar-refractivity contribution in [1.82, 2.24) is 10.6 Å². The Morgan fingerprint density at radius 1 is 1.21 bits per heavy atom. The van der Waals surface area contributed by atoms with E-state index < -0.39 is 0 Å². The van der Waals surface area contributed by atoms with E-state index in [0.29, 0.717) is 6.54 Å². The lowest BCUT2D eigenvalue weighted by Crippen LogP contribution is -2.37. The quantitative estimate of drug-likeness (QED) is 0.365. The molecule has 0 atom stereocenters. The van der Waals surface area contributed by atoms with Crippen molar-refractivity contribution < 1.29 is 9.21 Å². The van der Waals surface area contributed by atoms with E-state index >= 15 is 0 Å². The molecular weight excluding hydrogens is 419 g/mol. The van der Waals surface area contributed by atoms with E-state index in [0.717, 1.165) is 35.9 Å². The van der Waals surface area contributed by atoms with Gasteiger partial charge in [-0.15, -0.1) is 24.0 Å². The summed E-state index contributed by atoms with van der Waals surface area (Å²) in [6.45, 7) is 2.85. The maximum Gasteiger partial charge on any atom is 0.221 e. The zero-order valence-corrected chi connectivity index (χ0v) is 16.2. The number of furan rings is 1. The number of halogens is 1. The first-order valence-corrected chi connectivity index (χ1v) is 7.51. The number of amides is 1. The SMILES string of the molecule is CN=C(NCCc1ccco1)NCc1cccc(NC(C)=O)c1.I. The van der Waals surface area contributed by atoms with Gasteiger partial charge in [0.2, 0.25) is 5.91 Å². The number of guanidine groups is 1. The van der Waals surface area contributed by atoms with E-state index in [9.17, 15) is 4.79 Å². The Morgan fingerprint density at radius 3 is 2.71 bits per heavy atom. The van der Waals surface area contributed by atoms with Crippen LogP contribution in [0.25, 0.3) is 0 Å². The fraction of sp³-hybridized carbons (Fsp3) is 0.294. The number of anilines is 1. The third-order valence-electron chi connectivity index (χ3n) is 3.17. The number of nitrogens with one attached hydrogen (secondary N) is 3. The van der Waals surface area contributed by atoms with Crippen molar-refractivity contribution in [1.29, 1.82) is 0 Å². The summed E-state index contributed by atoms with van der Waals surface area (Å²) in [4.78, 5) is 15.3. The van der Waals surface area contributed by atoms with Gasteiger partial charge in [0.15, 0.2) is 5.96 Å². The zero-order chi connectivity index (χ0) is 16.5. The Morgan fingerprint density at radius 2 is 2.04 bits per heavy atom. The third kappa shape index (κ3) is 7.03. The molecule has 3 N–H and O–H groups in total. The summed E-state index contributed by atoms with van der Waals surface area (Å²) in [7, 11) is 1.73. The van der Waals surface area contributed by atoms with Gasteiger partial charge >= 0.3 is 0 Å². The maximum absolute atomic E-state index is 11.1. The Hall–Kier alpha value is -2.03. The second-order valence-corrected chi connectivity index (χ2v) is 5.06. The molecule has 0 spiro atoms. The van der Waals surface area contributed by atoms with Gasteiger partial charge in [-0.25, -0.2) is 0 Å². The predicted octanol–water partition coefficient (Wildman–Crippen LogP) is 2.76. The van der Waals surface area contributed by atoms with Crippen LogP contribution in [0, 0.1) is 0 Å². The molecule has 2 rings (SSSR count). The molecule has 0 saturated carbocycles. The predicted molar refractivity (Wildman–Crippen MR) is 107 cm³/mol. The molecule has 0 radical (unpaired) electrons. The summed E-state index contributed by atoms with van der Waals surface area (Å²) >= 11 is 0. The van der Waals surface area contributed by atoms with Gasteiger partial charge in [-0.2, -0.15) is 0 Å². The number of aliphatic imine (C=N–C) groups is 1. The van der Waals surface area contributed by atoms with E-state index in [2.05, 4.69) is 20.9 Å². The van der Waals surface area contributed by atoms with E-state index in [4.69, 9.17) is 4.42 Å². The molecule has 0 unspecified atom stereocenters. The Balaban J connectivity index is 0.00000288. The lowest BCUT2D eigenvalue weighted by molar-refractivity contribution is -0.114. The number of carbonyl (C=O) groups excluding carboxylic acids is 1. The highest BCUT2D eigenvalue weighted by molar-refractivity contribution is 14.0. The van der Waals surface area contributed by atoms with Gasteiger partial charge in [0.25, 0.3) is 0 Å². The molecule has 0 bridgehead atoms. The fourth-order valence-electron chi connectivity index (χ4n) is 2.13. The minimum absolute atomic E-state index is 0. The molecule has 130 valence electrons. The lowest BCUT2D eigenvalue weighted by Gasteiger charge is -2.12. The third-order valence-corrected chi connectivity index (χ3v) is 3.17. The normalized spacial score (nSPS) is 10.7. The summed E-state index contributed by atoms with van der Waals surface area (Å²) in [5.74, 6) is 1.59. The largest absolute Gasteiger partial charge is 0.469 e. The first kappa shape index (κ1) is 20.0. The topological polar surface area (TPSA) is 78.7 Å². The molecule has 0 fully saturated rings. The van der Waals surface area contributed by atoms with Crippen LogP contribution in [0.5, 0.6) is 0 Å². The molecule has 0 aliphatic carbocycles. The average molecular weight is 442 g/mol. The van der Waals surface area contributed by atoms with Crippen LogP contribution in [0.4, 0.5) is 5.69 Å². The highest BCUT2D eigenvalue weighted by atomic mass is 127. The second-order valence-electron chi connectivity index (χ2n) is 5.06. The van der Waals surface area contributed by atoms with Gasteiger partial charge in [0.1, 0.15) is 5.76 Å². The number of rotatable bonds is 6. The van der Waals surface area contributed by atoms with E-state index in [-0.39, 0.29) is 29.9 Å². The van der Waals surface area contributed by atoms with Crippen molar-refractivity contribution >= 4 is 41.5 Å². The van der Waals surface area contributed by atoms with Gasteiger partial charge in [-0.05, 0) is 29.8 Å². The van der Waals surface area contributed by atoms with Crippen LogP contribution in [-0.4, -0.2) is 25.5 Å². The molecule has 1 amide bonds. The van der Waals surface area contributed by atoms with E-state index in [1.165, 1.54) is 6.92 Å². The first-order chi connectivity index (χ1) is 11.2. The molecule has 6 nitrogen and oxygen atoms in total. The number of benzene rings is 1. The van der Waals surface area contributed by atoms with Crippen LogP contribution < -0.4 is 16.0 Å². The molecule has 1 heterocycles. The van der Waals surface area contributed by atoms with Crippen LogP contribution in [0.1, 0.15) is 18.2 Å². The molecule has 0 aliphatic rings. The summed E-state index contributed by atoms with van der Waals surface area (Å²) in [6.07, 6.45) is 2.47. The molecule has 1 aromatic heterocycles. The van der Waals surface area contributed by atoms with Crippen LogP contribution in [0.3, 0.4) is 0 Å². The Bertz CT molecular complexity index is 656. The highest BCUT2D eigenvalue weighted by Gasteiger charge is 2.01. The summed E-state index contributed by atoms with van der Waals surface area (Å²) < 4.78 is 5.29. The van der Waals surface area contributed by atoms with E-state index in [1.807, 2.05) is 36.4 Å². The molecular formula is C17H23IN4O2. The summed E-state index contributed by atoms with van der Waals surface area (Å²) in [5.41, 5.74) is 1.85. The number of nitrogens with zero attached hydrogens (tertiary/aromatic N) is 1. The molecule has 7 heteroatoms. The Labute approximate surface area is 159 Å². The van der Waals surface area contributed by atoms with Gasteiger partial charge in [-0.1, -0.05) is 12.1 Å². The minimum atomic E-state index is -0.0782. The Kier molecular flexibility index (Phi) is 8.92. The van der Waals surface area contributed by atoms with Crippen molar-refractivity contribution in [3.05, 3.63) is 54.0 Å². The minimum Gasteiger partial charge on any atom is -0.469 e. The summed E-state index contributed by atoms with van der Waals surface area (Å²) in [6, 6.07) is 11.5. The van der Waals surface area contributed by atoms with Crippen molar-refractivity contribution in [2.75, 3.05) is 18.9 Å². The van der Waals surface area contributed by atoms with Crippen molar-refractivity contribution in [3.63, 3.8) is 0 Å². The van der Waals surface area contributed by atoms with Gasteiger partial charge < -0.3 is 20.4 Å². The van der Waals surface area contributed by atoms with Gasteiger partial charge in [-0.3, -0.25) is 9.79 Å². The van der Waals surface area contributed by atoms with Crippen LogP contribution >= 0.6 is 24.0 Å². The summed E-state index contributed by atoms with van der Waals surface area (Å²) in [5, 5.41) is 9.25. The van der Waals surface area contributed by atoms with Crippen LogP contribution in [-0.2, 0) is 17.8 Å². The molecule has 24 heavy (non-hydrogen) atoms. The lowest BCUT2D eigenvalue weighted by atomic mass is 10.2. The van der Waals surface area contributed by atoms with Crippen LogP contribution in [0.2, 0.25) is 0 Å². The fourth-order valence-corrected chi connectivity index (χ4v) is 2.13. The number of hydrogen-bond donors (Lipinski definition) is 3. The molecule has 1 aromatic carbocycles. The smallest absolute Gasteiger partial charge is 0.221 e. The monoisotopic (exact) mass is 442 g/mol. The molecule has 0 saturated heterocycles. The van der Waals surface area contributed by atoms with Crippen molar-refractivity contribution in [3.8, 4) is 0 Å². The molecule has 0 aliphatic heterocycles. The van der Waals surface area contributed by atoms with Crippen molar-refractivity contribution in [2.24, 2.45) is 4.99 Å². The zero-order valence-electron chi connectivity index (χ0n) is 13.8. The van der Waals surface area contributed by atoms with Gasteiger partial charge in [0.05, 0.1) is 6.26 Å². The van der Waals surface area contributed by atoms with Crippen LogP contribution in [0.15, 0.2) is 52.1 Å². The van der Waals surface area contributed by atoms with Crippen molar-refractivity contribution in [2.45, 2.75) is 19.9 Å². The first-order valence-electron chi connectivity index (χ1n) is 7.51. The average Bonchev–Trinajstić information content (AvgIpc) is 3.03. The highest BCUT2D eigenvalue weighted by Crippen LogP contribution is 2.10. The number of hydrogen-bond acceptors (Lipinski definition) is 3. The molecule has 2 aromatic rings. The van der Waals surface area contributed by atoms with E-state index in [1.54, 1.807) is 13.3 Å². The maximum atomic E-state index is 11.1. The second kappa shape index (κ2) is 10.7. The van der Waals surface area contributed by atoms with Gasteiger partial charge in [0, 0.05) is 39.2 Å². The number of carbonyl (C=O) groups is 1.